The maximum atomic E-state index is 6.05. The number of benzene rings is 1. The zero-order chi connectivity index (χ0) is 13.9. The minimum atomic E-state index is 0.313. The average Bonchev–Trinajstić information content (AvgIpc) is 2.93. The van der Waals surface area contributed by atoms with Gasteiger partial charge in [0.15, 0.2) is 0 Å². The zero-order valence-electron chi connectivity index (χ0n) is 11.6. The highest BCUT2D eigenvalue weighted by Crippen LogP contribution is 2.24. The van der Waals surface area contributed by atoms with Crippen LogP contribution in [0.15, 0.2) is 30.6 Å². The van der Waals surface area contributed by atoms with E-state index in [1.165, 1.54) is 5.56 Å². The molecule has 0 amide bonds. The van der Waals surface area contributed by atoms with Crippen molar-refractivity contribution in [2.45, 2.75) is 38.3 Å². The van der Waals surface area contributed by atoms with E-state index in [0.717, 1.165) is 36.8 Å². The summed E-state index contributed by atoms with van der Waals surface area (Å²) in [7, 11) is 0. The summed E-state index contributed by atoms with van der Waals surface area (Å²) in [6.45, 7) is 4.11. The number of fused-ring (bicyclic) bond motifs is 1. The maximum Gasteiger partial charge on any atom is 0.143 e. The van der Waals surface area contributed by atoms with E-state index < -0.39 is 0 Å². The summed E-state index contributed by atoms with van der Waals surface area (Å²) in [4.78, 5) is 4.37. The van der Waals surface area contributed by atoms with E-state index in [-0.39, 0.29) is 0 Å². The molecule has 0 saturated heterocycles. The summed E-state index contributed by atoms with van der Waals surface area (Å²) in [5, 5.41) is 8.67. The smallest absolute Gasteiger partial charge is 0.143 e. The van der Waals surface area contributed by atoms with Crippen molar-refractivity contribution in [1.29, 1.82) is 0 Å². The Morgan fingerprint density at radius 3 is 3.25 bits per heavy atom. The lowest BCUT2D eigenvalue weighted by atomic mass is 10.00. The molecule has 1 aliphatic heterocycles. The van der Waals surface area contributed by atoms with E-state index in [1.807, 2.05) is 22.9 Å². The van der Waals surface area contributed by atoms with Crippen LogP contribution >= 0.6 is 11.6 Å². The van der Waals surface area contributed by atoms with E-state index in [1.54, 1.807) is 6.33 Å². The Balaban J connectivity index is 1.63. The van der Waals surface area contributed by atoms with Crippen LogP contribution in [-0.2, 0) is 6.54 Å². The molecule has 0 bridgehead atoms. The molecule has 0 unspecified atom stereocenters. The fraction of sp³-hybridized carbons (Fsp3) is 0.467. The van der Waals surface area contributed by atoms with Crippen molar-refractivity contribution in [2.75, 3.05) is 6.54 Å². The topological polar surface area (TPSA) is 42.7 Å². The van der Waals surface area contributed by atoms with Crippen LogP contribution in [0.4, 0.5) is 0 Å². The standard InChI is InChI=1S/C15H19ClN4/c1-11(12-4-2-5-13(16)8-12)9-17-14-6-3-7-20-15(14)18-10-19-20/h2,4-5,8,10-11,14,17H,3,6-7,9H2,1H3/t11-,14+/m0/s1. The minimum Gasteiger partial charge on any atom is -0.307 e. The number of aryl methyl sites for hydroxylation is 1. The van der Waals surface area contributed by atoms with Crippen LogP contribution in [0.25, 0.3) is 0 Å². The van der Waals surface area contributed by atoms with Gasteiger partial charge in [0.25, 0.3) is 0 Å². The second-order valence-electron chi connectivity index (χ2n) is 5.40. The van der Waals surface area contributed by atoms with Gasteiger partial charge in [-0.05, 0) is 36.5 Å². The first-order valence-electron chi connectivity index (χ1n) is 7.10. The molecule has 0 fully saturated rings. The van der Waals surface area contributed by atoms with Crippen molar-refractivity contribution in [3.8, 4) is 0 Å². The molecule has 1 aliphatic rings. The molecular formula is C15H19ClN4. The molecule has 20 heavy (non-hydrogen) atoms. The zero-order valence-corrected chi connectivity index (χ0v) is 12.3. The van der Waals surface area contributed by atoms with Gasteiger partial charge in [-0.1, -0.05) is 30.7 Å². The molecule has 1 aromatic heterocycles. The van der Waals surface area contributed by atoms with Crippen LogP contribution < -0.4 is 5.32 Å². The van der Waals surface area contributed by atoms with Crippen molar-refractivity contribution < 1.29 is 0 Å². The molecule has 106 valence electrons. The normalized spacial score (nSPS) is 19.6. The molecule has 0 aliphatic carbocycles. The monoisotopic (exact) mass is 290 g/mol. The fourth-order valence-corrected chi connectivity index (χ4v) is 2.93. The molecule has 0 spiro atoms. The van der Waals surface area contributed by atoms with Crippen molar-refractivity contribution >= 4 is 11.6 Å². The van der Waals surface area contributed by atoms with Crippen molar-refractivity contribution in [3.63, 3.8) is 0 Å². The molecule has 4 nitrogen and oxygen atoms in total. The third-order valence-electron chi connectivity index (χ3n) is 3.91. The first kappa shape index (κ1) is 13.6. The van der Waals surface area contributed by atoms with E-state index in [2.05, 4.69) is 28.4 Å². The van der Waals surface area contributed by atoms with Gasteiger partial charge in [-0.2, -0.15) is 5.10 Å². The first-order chi connectivity index (χ1) is 9.74. The highest BCUT2D eigenvalue weighted by molar-refractivity contribution is 6.30. The van der Waals surface area contributed by atoms with Gasteiger partial charge in [0.1, 0.15) is 12.2 Å². The van der Waals surface area contributed by atoms with Gasteiger partial charge in [-0.15, -0.1) is 0 Å². The Bertz CT molecular complexity index is 581. The lowest BCUT2D eigenvalue weighted by Crippen LogP contribution is -2.31. The molecule has 0 saturated carbocycles. The number of halogens is 1. The Hall–Kier alpha value is -1.39. The van der Waals surface area contributed by atoms with Gasteiger partial charge in [0.2, 0.25) is 0 Å². The van der Waals surface area contributed by atoms with Gasteiger partial charge in [-0.3, -0.25) is 0 Å². The molecule has 3 rings (SSSR count). The van der Waals surface area contributed by atoms with Crippen LogP contribution in [0.2, 0.25) is 5.02 Å². The summed E-state index contributed by atoms with van der Waals surface area (Å²) in [5.41, 5.74) is 1.27. The largest absolute Gasteiger partial charge is 0.307 e. The summed E-state index contributed by atoms with van der Waals surface area (Å²) in [6, 6.07) is 8.40. The number of hydrogen-bond donors (Lipinski definition) is 1. The van der Waals surface area contributed by atoms with Crippen LogP contribution in [0.5, 0.6) is 0 Å². The summed E-state index contributed by atoms with van der Waals surface area (Å²) in [6.07, 6.45) is 3.93. The predicted octanol–water partition coefficient (Wildman–Crippen LogP) is 3.16. The maximum absolute atomic E-state index is 6.05. The Kier molecular flexibility index (Phi) is 4.03. The Morgan fingerprint density at radius 1 is 1.50 bits per heavy atom. The average molecular weight is 291 g/mol. The first-order valence-corrected chi connectivity index (χ1v) is 7.48. The van der Waals surface area contributed by atoms with Crippen molar-refractivity contribution in [3.05, 3.63) is 47.0 Å². The minimum absolute atomic E-state index is 0.313. The molecule has 5 heteroatoms. The molecule has 0 radical (unpaired) electrons. The highest BCUT2D eigenvalue weighted by atomic mass is 35.5. The molecule has 1 N–H and O–H groups in total. The second kappa shape index (κ2) is 5.94. The molecular weight excluding hydrogens is 272 g/mol. The number of aromatic nitrogens is 3. The van der Waals surface area contributed by atoms with Gasteiger partial charge < -0.3 is 5.32 Å². The lowest BCUT2D eigenvalue weighted by Gasteiger charge is -2.25. The molecule has 1 aromatic carbocycles. The van der Waals surface area contributed by atoms with E-state index in [9.17, 15) is 0 Å². The molecule has 2 heterocycles. The lowest BCUT2D eigenvalue weighted by molar-refractivity contribution is 0.362. The highest BCUT2D eigenvalue weighted by Gasteiger charge is 2.22. The second-order valence-corrected chi connectivity index (χ2v) is 5.84. The van der Waals surface area contributed by atoms with Crippen LogP contribution in [0.3, 0.4) is 0 Å². The van der Waals surface area contributed by atoms with Gasteiger partial charge in [0, 0.05) is 18.1 Å². The Labute approximate surface area is 124 Å². The summed E-state index contributed by atoms with van der Waals surface area (Å²) < 4.78 is 2.01. The SMILES string of the molecule is C[C@@H](CN[C@@H]1CCCn2ncnc21)c1cccc(Cl)c1. The van der Waals surface area contributed by atoms with E-state index in [4.69, 9.17) is 11.6 Å². The van der Waals surface area contributed by atoms with Crippen LogP contribution in [0.1, 0.15) is 43.1 Å². The van der Waals surface area contributed by atoms with Crippen molar-refractivity contribution in [2.24, 2.45) is 0 Å². The number of nitrogens with zero attached hydrogens (tertiary/aromatic N) is 3. The number of nitrogens with one attached hydrogen (secondary N) is 1. The summed E-state index contributed by atoms with van der Waals surface area (Å²) >= 11 is 6.05. The van der Waals surface area contributed by atoms with Crippen molar-refractivity contribution in [1.82, 2.24) is 20.1 Å². The van der Waals surface area contributed by atoms with Gasteiger partial charge in [-0.25, -0.2) is 9.67 Å². The van der Waals surface area contributed by atoms with Gasteiger partial charge >= 0.3 is 0 Å². The quantitative estimate of drug-likeness (QED) is 0.940. The van der Waals surface area contributed by atoms with Crippen LogP contribution in [-0.4, -0.2) is 21.3 Å². The van der Waals surface area contributed by atoms with E-state index in [0.29, 0.717) is 12.0 Å². The number of hydrogen-bond acceptors (Lipinski definition) is 3. The third-order valence-corrected chi connectivity index (χ3v) is 4.14. The third kappa shape index (κ3) is 2.86. The number of rotatable bonds is 4. The van der Waals surface area contributed by atoms with E-state index >= 15 is 0 Å². The fourth-order valence-electron chi connectivity index (χ4n) is 2.73. The summed E-state index contributed by atoms with van der Waals surface area (Å²) in [5.74, 6) is 1.49. The van der Waals surface area contributed by atoms with Gasteiger partial charge in [0.05, 0.1) is 6.04 Å². The Morgan fingerprint density at radius 2 is 2.40 bits per heavy atom. The predicted molar refractivity (Wildman–Crippen MR) is 79.9 cm³/mol. The molecule has 2 atom stereocenters. The van der Waals surface area contributed by atoms with Crippen LogP contribution in [0, 0.1) is 0 Å². The molecule has 2 aromatic rings.